The summed E-state index contributed by atoms with van der Waals surface area (Å²) in [6.45, 7) is -0.647. The van der Waals surface area contributed by atoms with E-state index in [1.54, 1.807) is 24.3 Å². The first kappa shape index (κ1) is 26.9. The number of amides is 1. The van der Waals surface area contributed by atoms with Crippen molar-refractivity contribution in [2.75, 3.05) is 43.2 Å². The van der Waals surface area contributed by atoms with E-state index in [0.717, 1.165) is 22.7 Å². The largest absolute Gasteiger partial charge is 0.495 e. The zero-order valence-corrected chi connectivity index (χ0v) is 21.5. The van der Waals surface area contributed by atoms with Crippen LogP contribution in [0.1, 0.15) is 10.4 Å². The van der Waals surface area contributed by atoms with Crippen LogP contribution in [0.3, 0.4) is 0 Å². The number of hydrogen-bond donors (Lipinski definition) is 3. The van der Waals surface area contributed by atoms with Gasteiger partial charge >= 0.3 is 0 Å². The number of aliphatic hydroxyl groups excluding tert-OH is 1. The number of sulfonamides is 1. The van der Waals surface area contributed by atoms with E-state index in [4.69, 9.17) is 9.15 Å². The van der Waals surface area contributed by atoms with Crippen molar-refractivity contribution in [1.29, 1.82) is 0 Å². The highest BCUT2D eigenvalue weighted by molar-refractivity contribution is 7.92. The lowest BCUT2D eigenvalue weighted by molar-refractivity contribution is 0.0964. The highest BCUT2D eigenvalue weighted by Gasteiger charge is 2.27. The van der Waals surface area contributed by atoms with Gasteiger partial charge in [0.15, 0.2) is 0 Å². The third kappa shape index (κ3) is 5.13. The van der Waals surface area contributed by atoms with Crippen molar-refractivity contribution in [2.45, 2.75) is 0 Å². The first-order valence-corrected chi connectivity index (χ1v) is 13.2. The van der Waals surface area contributed by atoms with Crippen molar-refractivity contribution in [1.82, 2.24) is 5.32 Å². The van der Waals surface area contributed by atoms with Crippen LogP contribution in [0.15, 0.2) is 59.0 Å². The summed E-state index contributed by atoms with van der Waals surface area (Å²) >= 11 is 0. The van der Waals surface area contributed by atoms with Gasteiger partial charge < -0.3 is 24.9 Å². The van der Waals surface area contributed by atoms with Gasteiger partial charge in [0.2, 0.25) is 10.0 Å². The molecule has 0 atom stereocenters. The lowest BCUT2D eigenvalue weighted by Gasteiger charge is -2.23. The number of carbonyl (C=O) groups is 1. The van der Waals surface area contributed by atoms with Gasteiger partial charge in [0.05, 0.1) is 37.8 Å². The second-order valence-electron chi connectivity index (χ2n) is 8.26. The predicted octanol–water partition coefficient (Wildman–Crippen LogP) is 4.25. The molecule has 0 aliphatic carbocycles. The normalized spacial score (nSPS) is 11.4. The van der Waals surface area contributed by atoms with Crippen molar-refractivity contribution in [3.05, 3.63) is 71.8 Å². The van der Waals surface area contributed by atoms with Crippen LogP contribution in [0.25, 0.3) is 22.3 Å². The molecule has 0 saturated carbocycles. The number of fused-ring (bicyclic) bond motifs is 1. The first-order valence-electron chi connectivity index (χ1n) is 11.4. The Hall–Kier alpha value is -4.16. The van der Waals surface area contributed by atoms with Crippen molar-refractivity contribution in [3.8, 4) is 17.1 Å². The second kappa shape index (κ2) is 10.7. The quantitative estimate of drug-likeness (QED) is 0.288. The molecule has 0 bridgehead atoms. The number of halogens is 2. The Morgan fingerprint density at radius 2 is 1.76 bits per heavy atom. The Bertz CT molecular complexity index is 1580. The van der Waals surface area contributed by atoms with E-state index in [9.17, 15) is 27.1 Å². The van der Waals surface area contributed by atoms with Gasteiger partial charge in [0.1, 0.15) is 34.4 Å². The van der Waals surface area contributed by atoms with Crippen molar-refractivity contribution in [3.63, 3.8) is 0 Å². The van der Waals surface area contributed by atoms with E-state index in [1.165, 1.54) is 32.4 Å². The summed E-state index contributed by atoms with van der Waals surface area (Å²) < 4.78 is 65.3. The van der Waals surface area contributed by atoms with Gasteiger partial charge in [-0.15, -0.1) is 0 Å². The number of methoxy groups -OCH3 is 1. The third-order valence-corrected chi connectivity index (χ3v) is 6.97. The van der Waals surface area contributed by atoms with Crippen LogP contribution in [0.4, 0.5) is 25.8 Å². The molecule has 1 amide bonds. The van der Waals surface area contributed by atoms with E-state index < -0.39 is 34.2 Å². The molecule has 0 radical (unpaired) electrons. The number of furan rings is 1. The molecule has 1 aromatic heterocycles. The molecular formula is C26H25F2N3O6S. The fraction of sp³-hybridized carbons (Fsp3) is 0.192. The molecule has 0 fully saturated rings. The Labute approximate surface area is 217 Å². The van der Waals surface area contributed by atoms with Crippen LogP contribution < -0.4 is 19.7 Å². The standard InChI is InChI=1S/C26H25F2N3O6S/c1-29-26(33)23-17-13-22(36-2)20(31(11-12-32)38(3,34)35)14-21(17)37-25(23)15-7-9-16(10-8-15)30-24-18(27)5-4-6-19(24)28/h4-10,13-14,30,32H,11-12H2,1-3H3,(H,29,33). The van der Waals surface area contributed by atoms with Gasteiger partial charge in [-0.3, -0.25) is 9.10 Å². The molecule has 3 N–H and O–H groups in total. The molecule has 1 heterocycles. The monoisotopic (exact) mass is 545 g/mol. The maximum Gasteiger partial charge on any atom is 0.255 e. The minimum atomic E-state index is -3.78. The maximum absolute atomic E-state index is 14.0. The Morgan fingerprint density at radius 1 is 1.11 bits per heavy atom. The van der Waals surface area contributed by atoms with Crippen molar-refractivity contribution >= 4 is 44.0 Å². The summed E-state index contributed by atoms with van der Waals surface area (Å²) in [6.07, 6.45) is 0.999. The average molecular weight is 546 g/mol. The van der Waals surface area contributed by atoms with E-state index >= 15 is 0 Å². The molecule has 200 valence electrons. The van der Waals surface area contributed by atoms with Crippen molar-refractivity contribution in [2.24, 2.45) is 0 Å². The minimum absolute atomic E-state index is 0.131. The maximum atomic E-state index is 14.0. The molecule has 4 rings (SSSR count). The summed E-state index contributed by atoms with van der Waals surface area (Å²) in [5, 5.41) is 15.1. The van der Waals surface area contributed by atoms with Gasteiger partial charge in [-0.25, -0.2) is 17.2 Å². The second-order valence-corrected chi connectivity index (χ2v) is 10.2. The van der Waals surface area contributed by atoms with Gasteiger partial charge in [-0.2, -0.15) is 0 Å². The van der Waals surface area contributed by atoms with Crippen LogP contribution in [0.5, 0.6) is 5.75 Å². The number of benzene rings is 3. The topological polar surface area (TPSA) is 121 Å². The summed E-state index contributed by atoms with van der Waals surface area (Å²) in [5.41, 5.74) is 1.10. The van der Waals surface area contributed by atoms with Crippen molar-refractivity contribution < 1.29 is 36.3 Å². The summed E-state index contributed by atoms with van der Waals surface area (Å²) in [5.74, 6) is -1.61. The van der Waals surface area contributed by atoms with Crippen LogP contribution >= 0.6 is 0 Å². The number of anilines is 3. The average Bonchev–Trinajstić information content (AvgIpc) is 3.26. The van der Waals surface area contributed by atoms with E-state index in [-0.39, 0.29) is 40.6 Å². The zero-order valence-electron chi connectivity index (χ0n) is 20.7. The van der Waals surface area contributed by atoms with Crippen LogP contribution in [-0.2, 0) is 10.0 Å². The minimum Gasteiger partial charge on any atom is -0.495 e. The summed E-state index contributed by atoms with van der Waals surface area (Å²) in [4.78, 5) is 12.9. The Morgan fingerprint density at radius 3 is 2.32 bits per heavy atom. The Balaban J connectivity index is 1.83. The molecule has 0 unspecified atom stereocenters. The molecule has 4 aromatic rings. The molecule has 0 aliphatic heterocycles. The van der Waals surface area contributed by atoms with E-state index in [0.29, 0.717) is 16.6 Å². The van der Waals surface area contributed by atoms with Gasteiger partial charge in [0.25, 0.3) is 5.91 Å². The molecule has 0 saturated heterocycles. The predicted molar refractivity (Wildman–Crippen MR) is 141 cm³/mol. The lowest BCUT2D eigenvalue weighted by Crippen LogP contribution is -2.32. The number of nitrogens with zero attached hydrogens (tertiary/aromatic N) is 1. The number of ether oxygens (including phenoxy) is 1. The SMILES string of the molecule is CNC(=O)c1c(-c2ccc(Nc3c(F)cccc3F)cc2)oc2cc(N(CCO)S(C)(=O)=O)c(OC)cc12. The molecular weight excluding hydrogens is 520 g/mol. The van der Waals surface area contributed by atoms with Gasteiger partial charge in [0, 0.05) is 29.8 Å². The first-order chi connectivity index (χ1) is 18.1. The molecule has 3 aromatic carbocycles. The van der Waals surface area contributed by atoms with Gasteiger partial charge in [-0.1, -0.05) is 6.07 Å². The van der Waals surface area contributed by atoms with Crippen LogP contribution in [0, 0.1) is 11.6 Å². The summed E-state index contributed by atoms with van der Waals surface area (Å²) in [7, 11) is -0.969. The number of carbonyl (C=O) groups excluding carboxylic acids is 1. The smallest absolute Gasteiger partial charge is 0.255 e. The molecule has 12 heteroatoms. The molecule has 9 nitrogen and oxygen atoms in total. The number of hydrogen-bond acceptors (Lipinski definition) is 7. The van der Waals surface area contributed by atoms with Crippen LogP contribution in [0.2, 0.25) is 0 Å². The van der Waals surface area contributed by atoms with Crippen LogP contribution in [-0.4, -0.2) is 53.0 Å². The Kier molecular flexibility index (Phi) is 7.56. The molecule has 0 aliphatic rings. The fourth-order valence-corrected chi connectivity index (χ4v) is 4.96. The third-order valence-electron chi connectivity index (χ3n) is 5.79. The fourth-order valence-electron chi connectivity index (χ4n) is 4.05. The van der Waals surface area contributed by atoms with E-state index in [1.807, 2.05) is 0 Å². The number of aliphatic hydroxyl groups is 1. The number of rotatable bonds is 9. The lowest BCUT2D eigenvalue weighted by atomic mass is 10.0. The zero-order chi connectivity index (χ0) is 27.6. The molecule has 0 spiro atoms. The van der Waals surface area contributed by atoms with E-state index in [2.05, 4.69) is 10.6 Å². The number of nitrogens with one attached hydrogen (secondary N) is 2. The molecule has 38 heavy (non-hydrogen) atoms. The highest BCUT2D eigenvalue weighted by atomic mass is 32.2. The number of para-hydroxylation sites is 1. The summed E-state index contributed by atoms with van der Waals surface area (Å²) in [6, 6.07) is 12.8. The van der Waals surface area contributed by atoms with Gasteiger partial charge in [-0.05, 0) is 42.5 Å². The highest BCUT2D eigenvalue weighted by Crippen LogP contribution is 2.41.